The van der Waals surface area contributed by atoms with Crippen LogP contribution in [0, 0.1) is 5.82 Å². The maximum absolute atomic E-state index is 13.1. The molecule has 0 fully saturated rings. The molecular formula is C13H19FN2O2. The van der Waals surface area contributed by atoms with Crippen LogP contribution in [0.5, 0.6) is 5.75 Å². The van der Waals surface area contributed by atoms with Gasteiger partial charge in [-0.2, -0.15) is 0 Å². The van der Waals surface area contributed by atoms with Crippen LogP contribution < -0.4 is 10.5 Å². The second kappa shape index (κ2) is 6.96. The van der Waals surface area contributed by atoms with Crippen LogP contribution in [-0.4, -0.2) is 37.6 Å². The van der Waals surface area contributed by atoms with Gasteiger partial charge in [-0.25, -0.2) is 4.39 Å². The first kappa shape index (κ1) is 14.4. The van der Waals surface area contributed by atoms with Crippen LogP contribution in [0.3, 0.4) is 0 Å². The van der Waals surface area contributed by atoms with Gasteiger partial charge < -0.3 is 15.4 Å². The zero-order valence-electron chi connectivity index (χ0n) is 10.8. The van der Waals surface area contributed by atoms with Gasteiger partial charge >= 0.3 is 0 Å². The van der Waals surface area contributed by atoms with Gasteiger partial charge in [0.05, 0.1) is 0 Å². The van der Waals surface area contributed by atoms with Crippen LogP contribution >= 0.6 is 0 Å². The van der Waals surface area contributed by atoms with Crippen molar-refractivity contribution in [3.8, 4) is 5.75 Å². The average Bonchev–Trinajstić information content (AvgIpc) is 2.37. The molecule has 0 aromatic heterocycles. The number of nitrogens with zero attached hydrogens (tertiary/aromatic N) is 1. The molecule has 18 heavy (non-hydrogen) atoms. The van der Waals surface area contributed by atoms with E-state index in [-0.39, 0.29) is 18.3 Å². The molecule has 1 rings (SSSR count). The number of amides is 1. The molecule has 0 spiro atoms. The minimum absolute atomic E-state index is 0.0481. The first-order valence-corrected chi connectivity index (χ1v) is 5.93. The van der Waals surface area contributed by atoms with E-state index in [4.69, 9.17) is 10.5 Å². The Hall–Kier alpha value is -1.62. The summed E-state index contributed by atoms with van der Waals surface area (Å²) in [6.07, 6.45) is 0.519. The van der Waals surface area contributed by atoms with Gasteiger partial charge in [-0.05, 0) is 43.7 Å². The second-order valence-electron chi connectivity index (χ2n) is 3.99. The van der Waals surface area contributed by atoms with Gasteiger partial charge in [0.1, 0.15) is 11.6 Å². The number of halogens is 1. The number of likely N-dealkylation sites (N-methyl/N-ethyl adjacent to an activating group) is 1. The summed E-state index contributed by atoms with van der Waals surface area (Å²) in [4.78, 5) is 13.1. The lowest BCUT2D eigenvalue weighted by Gasteiger charge is -2.16. The molecule has 2 N–H and O–H groups in total. The number of carbonyl (C=O) groups excluding carboxylic acids is 1. The monoisotopic (exact) mass is 254 g/mol. The Balaban J connectivity index is 2.69. The number of hydrogen-bond acceptors (Lipinski definition) is 3. The van der Waals surface area contributed by atoms with Crippen LogP contribution in [0.15, 0.2) is 18.2 Å². The highest BCUT2D eigenvalue weighted by molar-refractivity contribution is 5.77. The van der Waals surface area contributed by atoms with Gasteiger partial charge in [0.25, 0.3) is 5.91 Å². The summed E-state index contributed by atoms with van der Waals surface area (Å²) in [5, 5.41) is 0. The van der Waals surface area contributed by atoms with Crippen molar-refractivity contribution in [3.63, 3.8) is 0 Å². The fourth-order valence-electron chi connectivity index (χ4n) is 1.47. The molecule has 1 aromatic carbocycles. The van der Waals surface area contributed by atoms with Gasteiger partial charge in [0.2, 0.25) is 0 Å². The molecule has 0 unspecified atom stereocenters. The Kier molecular flexibility index (Phi) is 5.58. The molecule has 1 aromatic rings. The lowest BCUT2D eigenvalue weighted by molar-refractivity contribution is -0.131. The second-order valence-corrected chi connectivity index (χ2v) is 3.99. The molecular weight excluding hydrogens is 235 g/mol. The Morgan fingerprint density at radius 1 is 1.50 bits per heavy atom. The van der Waals surface area contributed by atoms with Crippen molar-refractivity contribution in [1.82, 2.24) is 4.90 Å². The Morgan fingerprint density at radius 3 is 2.83 bits per heavy atom. The smallest absolute Gasteiger partial charge is 0.260 e. The normalized spacial score (nSPS) is 10.2. The summed E-state index contributed by atoms with van der Waals surface area (Å²) in [5.74, 6) is 0.0722. The zero-order chi connectivity index (χ0) is 13.5. The molecule has 1 amide bonds. The van der Waals surface area contributed by atoms with E-state index < -0.39 is 0 Å². The number of benzene rings is 1. The number of rotatable bonds is 6. The number of ether oxygens (including phenoxy) is 1. The molecule has 100 valence electrons. The number of carbonyl (C=O) groups is 1. The predicted molar refractivity (Wildman–Crippen MR) is 68.0 cm³/mol. The first-order chi connectivity index (χ1) is 8.58. The number of nitrogens with two attached hydrogens (primary N) is 1. The Bertz CT molecular complexity index is 410. The van der Waals surface area contributed by atoms with E-state index in [1.807, 2.05) is 6.92 Å². The van der Waals surface area contributed by atoms with Crippen LogP contribution in [0.1, 0.15) is 12.5 Å². The van der Waals surface area contributed by atoms with E-state index in [2.05, 4.69) is 0 Å². The highest BCUT2D eigenvalue weighted by Gasteiger charge is 2.10. The van der Waals surface area contributed by atoms with Gasteiger partial charge in [-0.1, -0.05) is 0 Å². The molecule has 0 saturated heterocycles. The van der Waals surface area contributed by atoms with E-state index >= 15 is 0 Å². The van der Waals surface area contributed by atoms with Gasteiger partial charge in [0, 0.05) is 13.6 Å². The third-order valence-electron chi connectivity index (χ3n) is 2.69. The van der Waals surface area contributed by atoms with Crippen LogP contribution in [0.2, 0.25) is 0 Å². The van der Waals surface area contributed by atoms with E-state index in [0.717, 1.165) is 0 Å². The molecule has 0 saturated carbocycles. The minimum atomic E-state index is -0.331. The Morgan fingerprint density at radius 2 is 2.22 bits per heavy atom. The maximum atomic E-state index is 13.1. The van der Waals surface area contributed by atoms with Gasteiger partial charge in [-0.3, -0.25) is 4.79 Å². The third kappa shape index (κ3) is 4.00. The van der Waals surface area contributed by atoms with E-state index in [1.165, 1.54) is 18.2 Å². The quantitative estimate of drug-likeness (QED) is 0.829. The van der Waals surface area contributed by atoms with Crippen molar-refractivity contribution >= 4 is 5.91 Å². The molecule has 0 radical (unpaired) electrons. The largest absolute Gasteiger partial charge is 0.483 e. The summed E-state index contributed by atoms with van der Waals surface area (Å²) in [6, 6.07) is 4.22. The number of hydrogen-bond donors (Lipinski definition) is 1. The molecule has 0 aliphatic carbocycles. The van der Waals surface area contributed by atoms with Crippen LogP contribution in [-0.2, 0) is 11.2 Å². The average molecular weight is 254 g/mol. The topological polar surface area (TPSA) is 55.6 Å². The van der Waals surface area contributed by atoms with Crippen molar-refractivity contribution in [2.45, 2.75) is 13.3 Å². The fraction of sp³-hybridized carbons (Fsp3) is 0.462. The van der Waals surface area contributed by atoms with Crippen molar-refractivity contribution in [2.24, 2.45) is 5.73 Å². The lowest BCUT2D eigenvalue weighted by Crippen LogP contribution is -2.31. The van der Waals surface area contributed by atoms with Crippen molar-refractivity contribution in [1.29, 1.82) is 0 Å². The Labute approximate surface area is 107 Å². The summed E-state index contributed by atoms with van der Waals surface area (Å²) in [6.45, 7) is 2.87. The minimum Gasteiger partial charge on any atom is -0.483 e. The molecule has 0 atom stereocenters. The van der Waals surface area contributed by atoms with E-state index in [9.17, 15) is 9.18 Å². The summed E-state index contributed by atoms with van der Waals surface area (Å²) in [5.41, 5.74) is 6.14. The molecule has 0 aliphatic rings. The summed E-state index contributed by atoms with van der Waals surface area (Å²) >= 11 is 0. The van der Waals surface area contributed by atoms with Crippen LogP contribution in [0.25, 0.3) is 0 Å². The molecule has 0 aliphatic heterocycles. The highest BCUT2D eigenvalue weighted by Crippen LogP contribution is 2.20. The predicted octanol–water partition coefficient (Wildman–Crippen LogP) is 1.18. The molecule has 4 nitrogen and oxygen atoms in total. The van der Waals surface area contributed by atoms with Crippen molar-refractivity contribution < 1.29 is 13.9 Å². The van der Waals surface area contributed by atoms with E-state index in [1.54, 1.807) is 11.9 Å². The first-order valence-electron chi connectivity index (χ1n) is 5.93. The standard InChI is InChI=1S/C13H19FN2O2/c1-3-16(2)13(17)9-18-12-5-4-11(14)8-10(12)6-7-15/h4-5,8H,3,6-7,9,15H2,1-2H3. The fourth-order valence-corrected chi connectivity index (χ4v) is 1.47. The highest BCUT2D eigenvalue weighted by atomic mass is 19.1. The summed E-state index contributed by atoms with van der Waals surface area (Å²) in [7, 11) is 1.71. The SMILES string of the molecule is CCN(C)C(=O)COc1ccc(F)cc1CCN. The summed E-state index contributed by atoms with van der Waals surface area (Å²) < 4.78 is 18.5. The van der Waals surface area contributed by atoms with Crippen LogP contribution in [0.4, 0.5) is 4.39 Å². The van der Waals surface area contributed by atoms with E-state index in [0.29, 0.717) is 30.8 Å². The van der Waals surface area contributed by atoms with Crippen molar-refractivity contribution in [3.05, 3.63) is 29.6 Å². The van der Waals surface area contributed by atoms with Gasteiger partial charge in [0.15, 0.2) is 6.61 Å². The third-order valence-corrected chi connectivity index (χ3v) is 2.69. The lowest BCUT2D eigenvalue weighted by atomic mass is 10.1. The molecule has 5 heteroatoms. The maximum Gasteiger partial charge on any atom is 0.260 e. The molecule has 0 heterocycles. The molecule has 0 bridgehead atoms. The van der Waals surface area contributed by atoms with Crippen molar-refractivity contribution in [2.75, 3.05) is 26.7 Å². The zero-order valence-corrected chi connectivity index (χ0v) is 10.8. The van der Waals surface area contributed by atoms with Gasteiger partial charge in [-0.15, -0.1) is 0 Å².